The molecule has 3 aromatic rings. The summed E-state index contributed by atoms with van der Waals surface area (Å²) in [6, 6.07) is 9.32. The minimum absolute atomic E-state index is 0.277. The van der Waals surface area contributed by atoms with Gasteiger partial charge >= 0.3 is 0 Å². The van der Waals surface area contributed by atoms with E-state index in [1.807, 2.05) is 42.8 Å². The van der Waals surface area contributed by atoms with E-state index in [4.69, 9.17) is 0 Å². The number of rotatable bonds is 3. The Labute approximate surface area is 121 Å². The number of nitrogens with one attached hydrogen (secondary N) is 1. The fourth-order valence-corrected chi connectivity index (χ4v) is 2.53. The molecule has 0 unspecified atom stereocenters. The molecule has 0 aliphatic rings. The molecule has 0 aliphatic carbocycles. The lowest BCUT2D eigenvalue weighted by Gasteiger charge is -2.09. The molecule has 2 heterocycles. The van der Waals surface area contributed by atoms with Crippen molar-refractivity contribution in [3.05, 3.63) is 42.1 Å². The average molecular weight is 281 g/mol. The molecule has 5 nitrogen and oxygen atoms in total. The smallest absolute Gasteiger partial charge is 0.212 e. The molecule has 0 aliphatic heterocycles. The van der Waals surface area contributed by atoms with Crippen LogP contribution in [0.3, 0.4) is 0 Å². The predicted molar refractivity (Wildman–Crippen MR) is 82.2 cm³/mol. The van der Waals surface area contributed by atoms with Crippen molar-refractivity contribution in [1.82, 2.24) is 9.55 Å². The predicted octanol–water partition coefficient (Wildman–Crippen LogP) is 2.82. The van der Waals surface area contributed by atoms with Crippen molar-refractivity contribution in [2.24, 2.45) is 7.05 Å². The van der Waals surface area contributed by atoms with E-state index in [1.165, 1.54) is 0 Å². The van der Waals surface area contributed by atoms with Gasteiger partial charge in [-0.2, -0.15) is 0 Å². The van der Waals surface area contributed by atoms with E-state index in [2.05, 4.69) is 10.3 Å². The minimum Gasteiger partial charge on any atom is -0.508 e. The van der Waals surface area contributed by atoms with Gasteiger partial charge in [-0.25, -0.2) is 4.98 Å². The zero-order chi connectivity index (χ0) is 15.0. The fourth-order valence-electron chi connectivity index (χ4n) is 2.53. The molecule has 106 valence electrons. The summed E-state index contributed by atoms with van der Waals surface area (Å²) in [5.41, 5.74) is 3.76. The highest BCUT2D eigenvalue weighted by Crippen LogP contribution is 2.33. The number of aromatic hydroxyl groups is 1. The molecule has 21 heavy (non-hydrogen) atoms. The molecule has 1 amide bonds. The minimum atomic E-state index is 0.277. The van der Waals surface area contributed by atoms with Crippen molar-refractivity contribution < 1.29 is 9.90 Å². The van der Waals surface area contributed by atoms with Crippen LogP contribution in [0.5, 0.6) is 5.75 Å². The summed E-state index contributed by atoms with van der Waals surface area (Å²) in [6.45, 7) is 1.89. The summed E-state index contributed by atoms with van der Waals surface area (Å²) in [5.74, 6) is 0.793. The quantitative estimate of drug-likeness (QED) is 0.725. The van der Waals surface area contributed by atoms with Gasteiger partial charge in [-0.3, -0.25) is 4.79 Å². The average Bonchev–Trinajstić information content (AvgIpc) is 2.79. The summed E-state index contributed by atoms with van der Waals surface area (Å²) < 4.78 is 2.02. The van der Waals surface area contributed by atoms with Gasteiger partial charge in [0, 0.05) is 29.3 Å². The Balaban J connectivity index is 2.21. The van der Waals surface area contributed by atoms with E-state index < -0.39 is 0 Å². The Bertz CT molecular complexity index is 837. The highest BCUT2D eigenvalue weighted by atomic mass is 16.3. The number of anilines is 1. The van der Waals surface area contributed by atoms with Gasteiger partial charge in [-0.05, 0) is 25.1 Å². The van der Waals surface area contributed by atoms with E-state index >= 15 is 0 Å². The molecule has 1 aromatic carbocycles. The lowest BCUT2D eigenvalue weighted by Crippen LogP contribution is -1.97. The Morgan fingerprint density at radius 1 is 1.33 bits per heavy atom. The van der Waals surface area contributed by atoms with E-state index in [0.29, 0.717) is 12.2 Å². The Morgan fingerprint density at radius 3 is 2.90 bits per heavy atom. The number of pyridine rings is 1. The van der Waals surface area contributed by atoms with Crippen molar-refractivity contribution in [3.63, 3.8) is 0 Å². The van der Waals surface area contributed by atoms with Crippen molar-refractivity contribution in [2.45, 2.75) is 6.92 Å². The molecule has 0 radical (unpaired) electrons. The van der Waals surface area contributed by atoms with E-state index in [1.54, 1.807) is 12.3 Å². The highest BCUT2D eigenvalue weighted by Gasteiger charge is 2.12. The van der Waals surface area contributed by atoms with Crippen molar-refractivity contribution in [1.29, 1.82) is 0 Å². The van der Waals surface area contributed by atoms with Crippen LogP contribution in [-0.4, -0.2) is 21.1 Å². The van der Waals surface area contributed by atoms with Crippen LogP contribution in [0.2, 0.25) is 0 Å². The molecule has 0 atom stereocenters. The Morgan fingerprint density at radius 2 is 2.14 bits per heavy atom. The fraction of sp³-hybridized carbons (Fsp3) is 0.125. The lowest BCUT2D eigenvalue weighted by atomic mass is 10.0. The summed E-state index contributed by atoms with van der Waals surface area (Å²) in [6.07, 6.45) is 2.33. The van der Waals surface area contributed by atoms with Crippen molar-refractivity contribution in [3.8, 4) is 17.0 Å². The molecule has 0 fully saturated rings. The molecule has 3 rings (SSSR count). The zero-order valence-corrected chi connectivity index (χ0v) is 11.8. The van der Waals surface area contributed by atoms with Gasteiger partial charge < -0.3 is 15.0 Å². The van der Waals surface area contributed by atoms with Gasteiger partial charge in [-0.15, -0.1) is 0 Å². The molecule has 2 N–H and O–H groups in total. The third-order valence-electron chi connectivity index (χ3n) is 3.72. The second kappa shape index (κ2) is 4.94. The molecule has 5 heteroatoms. The maximum absolute atomic E-state index is 10.5. The molecular weight excluding hydrogens is 266 g/mol. The first kappa shape index (κ1) is 13.2. The number of nitrogens with zero attached hydrogens (tertiary/aromatic N) is 2. The number of hydrogen-bond donors (Lipinski definition) is 2. The number of hydrogen-bond acceptors (Lipinski definition) is 3. The van der Waals surface area contributed by atoms with Crippen LogP contribution in [0, 0.1) is 6.92 Å². The zero-order valence-electron chi connectivity index (χ0n) is 11.8. The third-order valence-corrected chi connectivity index (χ3v) is 3.72. The molecule has 0 bridgehead atoms. The van der Waals surface area contributed by atoms with Gasteiger partial charge in [0.1, 0.15) is 11.6 Å². The normalized spacial score (nSPS) is 10.8. The number of fused-ring (bicyclic) bond motifs is 1. The molecule has 0 saturated heterocycles. The van der Waals surface area contributed by atoms with Gasteiger partial charge in [-0.1, -0.05) is 12.1 Å². The maximum atomic E-state index is 10.5. The van der Waals surface area contributed by atoms with Crippen LogP contribution >= 0.6 is 0 Å². The first-order valence-electron chi connectivity index (χ1n) is 6.56. The van der Waals surface area contributed by atoms with E-state index in [-0.39, 0.29) is 5.75 Å². The van der Waals surface area contributed by atoms with E-state index in [0.717, 1.165) is 27.7 Å². The molecule has 2 aromatic heterocycles. The van der Waals surface area contributed by atoms with Gasteiger partial charge in [0.05, 0.1) is 11.7 Å². The van der Waals surface area contributed by atoms with Gasteiger partial charge in [0.25, 0.3) is 0 Å². The van der Waals surface area contributed by atoms with Crippen LogP contribution in [0.15, 0.2) is 36.5 Å². The standard InChI is InChI=1S/C16H15N3O2/c1-10-12(4-3-5-15(10)21)13-6-11-7-16(18-9-20)17-8-14(11)19(13)2/h3-9,21H,1-2H3,(H,17,18,20). The number of carbonyl (C=O) groups is 1. The molecule has 0 spiro atoms. The lowest BCUT2D eigenvalue weighted by molar-refractivity contribution is -0.105. The van der Waals surface area contributed by atoms with Crippen LogP contribution in [0.25, 0.3) is 22.2 Å². The number of aryl methyl sites for hydroxylation is 1. The monoisotopic (exact) mass is 281 g/mol. The maximum Gasteiger partial charge on any atom is 0.212 e. The van der Waals surface area contributed by atoms with Crippen LogP contribution < -0.4 is 5.32 Å². The van der Waals surface area contributed by atoms with Crippen molar-refractivity contribution >= 4 is 23.1 Å². The summed E-state index contributed by atoms with van der Waals surface area (Å²) >= 11 is 0. The molecule has 0 saturated carbocycles. The first-order valence-corrected chi connectivity index (χ1v) is 6.56. The van der Waals surface area contributed by atoms with Crippen LogP contribution in [-0.2, 0) is 11.8 Å². The van der Waals surface area contributed by atoms with Gasteiger partial charge in [0.2, 0.25) is 6.41 Å². The number of aromatic nitrogens is 2. The Hall–Kier alpha value is -2.82. The van der Waals surface area contributed by atoms with Crippen LogP contribution in [0.4, 0.5) is 5.82 Å². The second-order valence-corrected chi connectivity index (χ2v) is 4.93. The molecular formula is C16H15N3O2. The third kappa shape index (κ3) is 2.12. The summed E-state index contributed by atoms with van der Waals surface area (Å²) in [5, 5.41) is 13.4. The second-order valence-electron chi connectivity index (χ2n) is 4.93. The Kier molecular flexibility index (Phi) is 3.10. The van der Waals surface area contributed by atoms with Crippen LogP contribution in [0.1, 0.15) is 5.56 Å². The number of benzene rings is 1. The largest absolute Gasteiger partial charge is 0.508 e. The van der Waals surface area contributed by atoms with Crippen molar-refractivity contribution in [2.75, 3.05) is 5.32 Å². The summed E-state index contributed by atoms with van der Waals surface area (Å²) in [7, 11) is 1.95. The summed E-state index contributed by atoms with van der Waals surface area (Å²) in [4.78, 5) is 14.7. The number of amides is 1. The topological polar surface area (TPSA) is 67.2 Å². The van der Waals surface area contributed by atoms with Gasteiger partial charge in [0.15, 0.2) is 0 Å². The van der Waals surface area contributed by atoms with E-state index in [9.17, 15) is 9.90 Å². The highest BCUT2D eigenvalue weighted by molar-refractivity contribution is 5.89. The SMILES string of the molecule is Cc1c(O)cccc1-c1cc2cc(NC=O)ncc2n1C. The number of phenols is 1. The first-order chi connectivity index (χ1) is 10.1. The number of carbonyl (C=O) groups excluding carboxylic acids is 1. The number of phenolic OH excluding ortho intramolecular Hbond substituents is 1.